The third-order valence-electron chi connectivity index (χ3n) is 1.77. The van der Waals surface area contributed by atoms with Gasteiger partial charge < -0.3 is 14.6 Å². The fourth-order valence-electron chi connectivity index (χ4n) is 1.03. The Morgan fingerprint density at radius 2 is 1.67 bits per heavy atom. The lowest BCUT2D eigenvalue weighted by Gasteiger charge is -2.03. The highest BCUT2D eigenvalue weighted by Gasteiger charge is 1.95. The van der Waals surface area contributed by atoms with E-state index in [1.54, 1.807) is 0 Å². The van der Waals surface area contributed by atoms with Gasteiger partial charge in [0.15, 0.2) is 0 Å². The number of carboxylic acids is 1. The average Bonchev–Trinajstić information content (AvgIpc) is 2.20. The van der Waals surface area contributed by atoms with Crippen molar-refractivity contribution in [3.8, 4) is 0 Å². The second kappa shape index (κ2) is 12.2. The standard InChI is InChI=1S/C10H19IO4/c11-5-3-1-2-4-6-14-7-8-15-9-10(12)13/h1-9H2,(H,12,13). The molecule has 5 heteroatoms. The van der Waals surface area contributed by atoms with Gasteiger partial charge in [-0.15, -0.1) is 0 Å². The second-order valence-corrected chi connectivity index (χ2v) is 4.24. The van der Waals surface area contributed by atoms with Gasteiger partial charge in [-0.05, 0) is 17.3 Å². The summed E-state index contributed by atoms with van der Waals surface area (Å²) in [4.78, 5) is 10.1. The molecule has 0 unspecified atom stereocenters. The first kappa shape index (κ1) is 15.1. The first-order valence-corrected chi connectivity index (χ1v) is 6.73. The fourth-order valence-corrected chi connectivity index (χ4v) is 1.57. The van der Waals surface area contributed by atoms with E-state index in [-0.39, 0.29) is 6.61 Å². The number of halogens is 1. The largest absolute Gasteiger partial charge is 0.480 e. The first-order valence-electron chi connectivity index (χ1n) is 5.20. The summed E-state index contributed by atoms with van der Waals surface area (Å²) in [5, 5.41) is 8.27. The molecule has 0 aromatic carbocycles. The average molecular weight is 330 g/mol. The molecule has 90 valence electrons. The van der Waals surface area contributed by atoms with Crippen molar-refractivity contribution in [3.63, 3.8) is 0 Å². The van der Waals surface area contributed by atoms with E-state index >= 15 is 0 Å². The van der Waals surface area contributed by atoms with Gasteiger partial charge in [-0.2, -0.15) is 0 Å². The Bertz CT molecular complexity index is 152. The van der Waals surface area contributed by atoms with Crippen molar-refractivity contribution < 1.29 is 19.4 Å². The number of carbonyl (C=O) groups is 1. The predicted molar refractivity (Wildman–Crippen MR) is 66.6 cm³/mol. The number of rotatable bonds is 11. The van der Waals surface area contributed by atoms with E-state index in [4.69, 9.17) is 14.6 Å². The maximum absolute atomic E-state index is 10.1. The third-order valence-corrected chi connectivity index (χ3v) is 2.53. The number of unbranched alkanes of at least 4 members (excludes halogenated alkanes) is 3. The molecule has 0 fully saturated rings. The highest BCUT2D eigenvalue weighted by atomic mass is 127. The van der Waals surface area contributed by atoms with E-state index < -0.39 is 5.97 Å². The van der Waals surface area contributed by atoms with Crippen molar-refractivity contribution in [2.24, 2.45) is 0 Å². The summed E-state index contributed by atoms with van der Waals surface area (Å²) in [6.45, 7) is 1.36. The first-order chi connectivity index (χ1) is 7.27. The van der Waals surface area contributed by atoms with Crippen molar-refractivity contribution >= 4 is 28.6 Å². The van der Waals surface area contributed by atoms with Gasteiger partial charge in [0.2, 0.25) is 0 Å². The lowest BCUT2D eigenvalue weighted by atomic mass is 10.2. The number of ether oxygens (including phenoxy) is 2. The molecular formula is C10H19IO4. The minimum atomic E-state index is -0.936. The molecule has 0 radical (unpaired) electrons. The van der Waals surface area contributed by atoms with Crippen molar-refractivity contribution in [2.45, 2.75) is 25.7 Å². The van der Waals surface area contributed by atoms with Crippen LogP contribution in [0.3, 0.4) is 0 Å². The maximum atomic E-state index is 10.1. The fraction of sp³-hybridized carbons (Fsp3) is 0.900. The summed E-state index contributed by atoms with van der Waals surface area (Å²) in [5.41, 5.74) is 0. The number of aliphatic carboxylic acids is 1. The molecule has 0 aliphatic heterocycles. The van der Waals surface area contributed by atoms with Gasteiger partial charge in [0, 0.05) is 6.61 Å². The predicted octanol–water partition coefficient (Wildman–Crippen LogP) is 2.10. The van der Waals surface area contributed by atoms with Crippen LogP contribution >= 0.6 is 22.6 Å². The molecular weight excluding hydrogens is 311 g/mol. The van der Waals surface area contributed by atoms with Crippen LogP contribution in [0.25, 0.3) is 0 Å². The van der Waals surface area contributed by atoms with Gasteiger partial charge in [-0.25, -0.2) is 4.79 Å². The monoisotopic (exact) mass is 330 g/mol. The smallest absolute Gasteiger partial charge is 0.329 e. The normalized spacial score (nSPS) is 10.5. The Balaban J connectivity index is 2.89. The van der Waals surface area contributed by atoms with Crippen molar-refractivity contribution in [1.82, 2.24) is 0 Å². The summed E-state index contributed by atoms with van der Waals surface area (Å²) < 4.78 is 11.3. The Morgan fingerprint density at radius 1 is 1.00 bits per heavy atom. The number of carboxylic acid groups (broad SMARTS) is 1. The summed E-state index contributed by atoms with van der Waals surface area (Å²) in [7, 11) is 0. The highest BCUT2D eigenvalue weighted by Crippen LogP contribution is 2.02. The lowest BCUT2D eigenvalue weighted by molar-refractivity contribution is -0.142. The lowest BCUT2D eigenvalue weighted by Crippen LogP contribution is -2.11. The van der Waals surface area contributed by atoms with Gasteiger partial charge in [0.05, 0.1) is 13.2 Å². The minimum absolute atomic E-state index is 0.237. The Hall–Kier alpha value is 0.120. The van der Waals surface area contributed by atoms with Crippen molar-refractivity contribution in [3.05, 3.63) is 0 Å². The molecule has 0 aromatic rings. The molecule has 1 N–H and O–H groups in total. The van der Waals surface area contributed by atoms with Crippen LogP contribution in [-0.4, -0.2) is 41.9 Å². The molecule has 0 aromatic heterocycles. The van der Waals surface area contributed by atoms with Crippen LogP contribution in [0.4, 0.5) is 0 Å². The number of alkyl halides is 1. The van der Waals surface area contributed by atoms with Crippen molar-refractivity contribution in [2.75, 3.05) is 30.9 Å². The Morgan fingerprint density at radius 3 is 2.33 bits per heavy atom. The molecule has 0 bridgehead atoms. The number of hydrogen-bond donors (Lipinski definition) is 1. The molecule has 4 nitrogen and oxygen atoms in total. The third kappa shape index (κ3) is 14.1. The van der Waals surface area contributed by atoms with E-state index in [0.29, 0.717) is 13.2 Å². The topological polar surface area (TPSA) is 55.8 Å². The quantitative estimate of drug-likeness (QED) is 0.358. The molecule has 0 spiro atoms. The van der Waals surface area contributed by atoms with Gasteiger partial charge in [0.1, 0.15) is 6.61 Å². The SMILES string of the molecule is O=C(O)COCCOCCCCCCI. The van der Waals surface area contributed by atoms with Gasteiger partial charge >= 0.3 is 5.97 Å². The molecule has 0 amide bonds. The minimum Gasteiger partial charge on any atom is -0.480 e. The van der Waals surface area contributed by atoms with E-state index in [2.05, 4.69) is 22.6 Å². The summed E-state index contributed by atoms with van der Waals surface area (Å²) >= 11 is 2.38. The van der Waals surface area contributed by atoms with Crippen LogP contribution in [0.5, 0.6) is 0 Å². The van der Waals surface area contributed by atoms with E-state index in [1.807, 2.05) is 0 Å². The summed E-state index contributed by atoms with van der Waals surface area (Å²) in [6.07, 6.45) is 4.83. The van der Waals surface area contributed by atoms with Crippen LogP contribution in [-0.2, 0) is 14.3 Å². The van der Waals surface area contributed by atoms with Gasteiger partial charge in [-0.3, -0.25) is 0 Å². The molecule has 0 aliphatic rings. The van der Waals surface area contributed by atoms with Crippen LogP contribution in [0.1, 0.15) is 25.7 Å². The van der Waals surface area contributed by atoms with Gasteiger partial charge in [0.25, 0.3) is 0 Å². The van der Waals surface area contributed by atoms with E-state index in [1.165, 1.54) is 23.7 Å². The highest BCUT2D eigenvalue weighted by molar-refractivity contribution is 14.1. The van der Waals surface area contributed by atoms with Crippen LogP contribution in [0, 0.1) is 0 Å². The second-order valence-electron chi connectivity index (χ2n) is 3.16. The molecule has 0 heterocycles. The molecule has 0 rings (SSSR count). The van der Waals surface area contributed by atoms with Crippen LogP contribution in [0.2, 0.25) is 0 Å². The van der Waals surface area contributed by atoms with Crippen molar-refractivity contribution in [1.29, 1.82) is 0 Å². The molecule has 0 atom stereocenters. The van der Waals surface area contributed by atoms with Crippen LogP contribution < -0.4 is 0 Å². The molecule has 15 heavy (non-hydrogen) atoms. The molecule has 0 aliphatic carbocycles. The molecule has 0 saturated heterocycles. The zero-order valence-corrected chi connectivity index (χ0v) is 11.1. The van der Waals surface area contributed by atoms with Crippen LogP contribution in [0.15, 0.2) is 0 Å². The Kier molecular flexibility index (Phi) is 12.3. The van der Waals surface area contributed by atoms with E-state index in [0.717, 1.165) is 13.0 Å². The molecule has 0 saturated carbocycles. The number of hydrogen-bond acceptors (Lipinski definition) is 3. The Labute approximate surface area is 104 Å². The van der Waals surface area contributed by atoms with Gasteiger partial charge in [-0.1, -0.05) is 35.4 Å². The summed E-state index contributed by atoms with van der Waals surface area (Å²) in [5.74, 6) is -0.936. The summed E-state index contributed by atoms with van der Waals surface area (Å²) in [6, 6.07) is 0. The maximum Gasteiger partial charge on any atom is 0.329 e. The van der Waals surface area contributed by atoms with E-state index in [9.17, 15) is 4.79 Å². The zero-order valence-electron chi connectivity index (χ0n) is 8.91. The zero-order chi connectivity index (χ0) is 11.4.